The smallest absolute Gasteiger partial charge is 0.0246 e. The molecule has 0 aromatic rings. The van der Waals surface area contributed by atoms with Gasteiger partial charge in [0.05, 0.1) is 0 Å². The number of hydrogen-bond acceptors (Lipinski definition) is 2. The second kappa shape index (κ2) is 8.26. The molecule has 19 heavy (non-hydrogen) atoms. The molecule has 0 aromatic heterocycles. The van der Waals surface area contributed by atoms with E-state index in [4.69, 9.17) is 0 Å². The van der Waals surface area contributed by atoms with Gasteiger partial charge in [-0.25, -0.2) is 0 Å². The second-order valence-electron chi connectivity index (χ2n) is 7.24. The van der Waals surface area contributed by atoms with Crippen molar-refractivity contribution in [3.05, 3.63) is 0 Å². The Kier molecular flexibility index (Phi) is 7.38. The molecule has 3 atom stereocenters. The van der Waals surface area contributed by atoms with Gasteiger partial charge >= 0.3 is 0 Å². The maximum Gasteiger partial charge on any atom is 0.0246 e. The van der Waals surface area contributed by atoms with Gasteiger partial charge in [0.25, 0.3) is 0 Å². The molecule has 1 aliphatic heterocycles. The monoisotopic (exact) mass is 268 g/mol. The minimum absolute atomic E-state index is 0.680. The first-order valence-corrected chi connectivity index (χ1v) is 8.43. The summed E-state index contributed by atoms with van der Waals surface area (Å²) < 4.78 is 0. The lowest BCUT2D eigenvalue weighted by molar-refractivity contribution is 0.0765. The SMILES string of the molecule is CCC(C)C1CNC(C(C)C)CN1CCCC(C)C. The summed E-state index contributed by atoms with van der Waals surface area (Å²) in [7, 11) is 0. The van der Waals surface area contributed by atoms with Crippen molar-refractivity contribution in [3.8, 4) is 0 Å². The van der Waals surface area contributed by atoms with E-state index in [9.17, 15) is 0 Å². The summed E-state index contributed by atoms with van der Waals surface area (Å²) in [6, 6.07) is 1.42. The van der Waals surface area contributed by atoms with Crippen LogP contribution >= 0.6 is 0 Å². The lowest BCUT2D eigenvalue weighted by Crippen LogP contribution is -2.60. The van der Waals surface area contributed by atoms with Crippen LogP contribution in [-0.2, 0) is 0 Å². The average molecular weight is 268 g/mol. The Bertz CT molecular complexity index is 237. The zero-order valence-corrected chi connectivity index (χ0v) is 14.1. The largest absolute Gasteiger partial charge is 0.311 e. The van der Waals surface area contributed by atoms with E-state index in [1.165, 1.54) is 38.9 Å². The molecule has 1 N–H and O–H groups in total. The number of nitrogens with one attached hydrogen (secondary N) is 1. The third kappa shape index (κ3) is 5.43. The van der Waals surface area contributed by atoms with Gasteiger partial charge in [0.2, 0.25) is 0 Å². The molecule has 1 fully saturated rings. The second-order valence-corrected chi connectivity index (χ2v) is 7.24. The molecule has 1 saturated heterocycles. The number of nitrogens with zero attached hydrogens (tertiary/aromatic N) is 1. The summed E-state index contributed by atoms with van der Waals surface area (Å²) in [6.07, 6.45) is 4.01. The van der Waals surface area contributed by atoms with E-state index >= 15 is 0 Å². The number of hydrogen-bond donors (Lipinski definition) is 1. The fraction of sp³-hybridized carbons (Fsp3) is 1.00. The Labute approximate surface area is 121 Å². The van der Waals surface area contributed by atoms with Crippen LogP contribution in [0.25, 0.3) is 0 Å². The summed E-state index contributed by atoms with van der Waals surface area (Å²) in [6.45, 7) is 17.8. The predicted octanol–water partition coefficient (Wildman–Crippen LogP) is 3.77. The molecule has 0 radical (unpaired) electrons. The van der Waals surface area contributed by atoms with Crippen LogP contribution in [0.15, 0.2) is 0 Å². The van der Waals surface area contributed by atoms with E-state index in [1.807, 2.05) is 0 Å². The molecular weight excluding hydrogens is 232 g/mol. The summed E-state index contributed by atoms with van der Waals surface area (Å²) in [5, 5.41) is 3.77. The lowest BCUT2D eigenvalue weighted by Gasteiger charge is -2.44. The van der Waals surface area contributed by atoms with Crippen molar-refractivity contribution in [2.24, 2.45) is 17.8 Å². The summed E-state index contributed by atoms with van der Waals surface area (Å²) in [5.41, 5.74) is 0. The highest BCUT2D eigenvalue weighted by Gasteiger charge is 2.31. The first-order chi connectivity index (χ1) is 8.95. The molecule has 1 aliphatic rings. The normalized spacial score (nSPS) is 27.2. The maximum absolute atomic E-state index is 3.77. The van der Waals surface area contributed by atoms with Crippen molar-refractivity contribution in [2.75, 3.05) is 19.6 Å². The van der Waals surface area contributed by atoms with Crippen molar-refractivity contribution >= 4 is 0 Å². The molecule has 0 aliphatic carbocycles. The van der Waals surface area contributed by atoms with E-state index in [0.29, 0.717) is 6.04 Å². The molecule has 0 spiro atoms. The zero-order valence-electron chi connectivity index (χ0n) is 14.1. The minimum atomic E-state index is 0.680. The van der Waals surface area contributed by atoms with E-state index < -0.39 is 0 Å². The average Bonchev–Trinajstić information content (AvgIpc) is 2.37. The van der Waals surface area contributed by atoms with Gasteiger partial charge in [-0.15, -0.1) is 0 Å². The van der Waals surface area contributed by atoms with Crippen LogP contribution in [0, 0.1) is 17.8 Å². The fourth-order valence-electron chi connectivity index (χ4n) is 3.09. The van der Waals surface area contributed by atoms with Gasteiger partial charge in [-0.3, -0.25) is 4.90 Å². The number of rotatable bonds is 7. The maximum atomic E-state index is 3.77. The topological polar surface area (TPSA) is 15.3 Å². The summed E-state index contributed by atoms with van der Waals surface area (Å²) in [4.78, 5) is 2.78. The standard InChI is InChI=1S/C17H36N2/c1-7-15(6)17-11-18-16(14(4)5)12-19(17)10-8-9-13(2)3/h13-18H,7-12H2,1-6H3. The van der Waals surface area contributed by atoms with Gasteiger partial charge in [0, 0.05) is 25.2 Å². The van der Waals surface area contributed by atoms with Crippen LogP contribution in [0.5, 0.6) is 0 Å². The van der Waals surface area contributed by atoms with Crippen LogP contribution in [-0.4, -0.2) is 36.6 Å². The highest BCUT2D eigenvalue weighted by atomic mass is 15.2. The van der Waals surface area contributed by atoms with Gasteiger partial charge in [0.1, 0.15) is 0 Å². The van der Waals surface area contributed by atoms with E-state index in [0.717, 1.165) is 23.8 Å². The molecular formula is C17H36N2. The molecule has 2 heteroatoms. The fourth-order valence-corrected chi connectivity index (χ4v) is 3.09. The molecule has 0 aromatic carbocycles. The summed E-state index contributed by atoms with van der Waals surface area (Å²) >= 11 is 0. The first-order valence-electron chi connectivity index (χ1n) is 8.43. The van der Waals surface area contributed by atoms with Crippen molar-refractivity contribution in [3.63, 3.8) is 0 Å². The van der Waals surface area contributed by atoms with Crippen molar-refractivity contribution in [1.82, 2.24) is 10.2 Å². The Balaban J connectivity index is 2.55. The van der Waals surface area contributed by atoms with Crippen molar-refractivity contribution < 1.29 is 0 Å². The first kappa shape index (κ1) is 17.0. The molecule has 0 bridgehead atoms. The highest BCUT2D eigenvalue weighted by molar-refractivity contribution is 4.89. The van der Waals surface area contributed by atoms with Crippen molar-refractivity contribution in [1.29, 1.82) is 0 Å². The number of piperazine rings is 1. The van der Waals surface area contributed by atoms with Gasteiger partial charge in [-0.1, -0.05) is 48.0 Å². The Hall–Kier alpha value is -0.0800. The molecule has 3 unspecified atom stereocenters. The molecule has 114 valence electrons. The zero-order chi connectivity index (χ0) is 14.4. The van der Waals surface area contributed by atoms with E-state index in [1.54, 1.807) is 0 Å². The molecule has 1 heterocycles. The molecule has 0 amide bonds. The Morgan fingerprint density at radius 1 is 1.16 bits per heavy atom. The summed E-state index contributed by atoms with van der Waals surface area (Å²) in [5.74, 6) is 2.39. The quantitative estimate of drug-likeness (QED) is 0.756. The van der Waals surface area contributed by atoms with Crippen LogP contribution in [0.1, 0.15) is 60.8 Å². The van der Waals surface area contributed by atoms with Gasteiger partial charge in [0.15, 0.2) is 0 Å². The van der Waals surface area contributed by atoms with E-state index in [2.05, 4.69) is 51.8 Å². The minimum Gasteiger partial charge on any atom is -0.311 e. The third-order valence-electron chi connectivity index (χ3n) is 4.82. The van der Waals surface area contributed by atoms with Crippen LogP contribution in [0.2, 0.25) is 0 Å². The Morgan fingerprint density at radius 2 is 1.84 bits per heavy atom. The Morgan fingerprint density at radius 3 is 2.37 bits per heavy atom. The van der Waals surface area contributed by atoms with Crippen LogP contribution in [0.4, 0.5) is 0 Å². The lowest BCUT2D eigenvalue weighted by atomic mass is 9.91. The highest BCUT2D eigenvalue weighted by Crippen LogP contribution is 2.21. The molecule has 0 saturated carbocycles. The third-order valence-corrected chi connectivity index (χ3v) is 4.82. The van der Waals surface area contributed by atoms with Crippen LogP contribution < -0.4 is 5.32 Å². The molecule has 2 nitrogen and oxygen atoms in total. The van der Waals surface area contributed by atoms with Crippen molar-refractivity contribution in [2.45, 2.75) is 72.9 Å². The molecule has 1 rings (SSSR count). The van der Waals surface area contributed by atoms with Gasteiger partial charge in [-0.05, 0) is 37.1 Å². The van der Waals surface area contributed by atoms with Crippen LogP contribution in [0.3, 0.4) is 0 Å². The van der Waals surface area contributed by atoms with Gasteiger partial charge in [-0.2, -0.15) is 0 Å². The van der Waals surface area contributed by atoms with E-state index in [-0.39, 0.29) is 0 Å². The predicted molar refractivity (Wildman–Crippen MR) is 85.5 cm³/mol. The van der Waals surface area contributed by atoms with Gasteiger partial charge < -0.3 is 5.32 Å².